The number of hydrogen-bond donors (Lipinski definition) is 0. The number of sulfonamides is 1. The molecule has 0 unspecified atom stereocenters. The minimum absolute atomic E-state index is 0.104. The van der Waals surface area contributed by atoms with E-state index in [1.54, 1.807) is 23.1 Å². The van der Waals surface area contributed by atoms with Crippen LogP contribution in [0.1, 0.15) is 24.5 Å². The molecule has 2 aromatic carbocycles. The maximum absolute atomic E-state index is 13.1. The molecule has 150 valence electrons. The smallest absolute Gasteiger partial charge is 0.268 e. The van der Waals surface area contributed by atoms with Gasteiger partial charge in [0, 0.05) is 26.3 Å². The number of hydrogen-bond acceptors (Lipinski definition) is 4. The van der Waals surface area contributed by atoms with Crippen molar-refractivity contribution in [2.24, 2.45) is 0 Å². The predicted octanol–water partition coefficient (Wildman–Crippen LogP) is 2.99. The van der Waals surface area contributed by atoms with E-state index in [1.165, 1.54) is 18.4 Å². The summed E-state index contributed by atoms with van der Waals surface area (Å²) in [6.45, 7) is 4.39. The molecule has 2 aromatic rings. The van der Waals surface area contributed by atoms with Gasteiger partial charge in [-0.3, -0.25) is 4.79 Å². The predicted molar refractivity (Wildman–Crippen MR) is 109 cm³/mol. The lowest BCUT2D eigenvalue weighted by Gasteiger charge is -2.25. The van der Waals surface area contributed by atoms with Gasteiger partial charge in [0.2, 0.25) is 10.0 Å². The minimum Gasteiger partial charge on any atom is -0.480 e. The second-order valence-corrected chi connectivity index (χ2v) is 9.25. The van der Waals surface area contributed by atoms with Crippen molar-refractivity contribution in [3.8, 4) is 5.75 Å². The fourth-order valence-corrected chi connectivity index (χ4v) is 4.26. The Morgan fingerprint density at radius 3 is 2.57 bits per heavy atom. The molecule has 1 aliphatic heterocycles. The van der Waals surface area contributed by atoms with E-state index in [9.17, 15) is 13.2 Å². The highest BCUT2D eigenvalue weighted by molar-refractivity contribution is 7.89. The fraction of sp³-hybridized carbons (Fsp3) is 0.381. The fourth-order valence-electron chi connectivity index (χ4n) is 3.30. The Kier molecular flexibility index (Phi) is 5.76. The number of carbonyl (C=O) groups excluding carboxylic acids is 1. The molecule has 1 heterocycles. The van der Waals surface area contributed by atoms with Gasteiger partial charge in [0.25, 0.3) is 5.91 Å². The molecule has 1 aliphatic rings. The van der Waals surface area contributed by atoms with Crippen LogP contribution < -0.4 is 9.64 Å². The first-order valence-electron chi connectivity index (χ1n) is 9.34. The van der Waals surface area contributed by atoms with Gasteiger partial charge < -0.3 is 9.64 Å². The molecule has 0 spiro atoms. The van der Waals surface area contributed by atoms with Gasteiger partial charge >= 0.3 is 0 Å². The Hall–Kier alpha value is -2.38. The van der Waals surface area contributed by atoms with E-state index in [1.807, 2.05) is 38.1 Å². The zero-order valence-corrected chi connectivity index (χ0v) is 17.5. The number of amides is 1. The number of para-hydroxylation sites is 1. The number of nitrogens with zero attached hydrogens (tertiary/aromatic N) is 2. The molecule has 0 N–H and O–H groups in total. The maximum Gasteiger partial charge on any atom is 0.268 e. The van der Waals surface area contributed by atoms with Crippen LogP contribution in [0.4, 0.5) is 5.69 Å². The van der Waals surface area contributed by atoms with Crippen molar-refractivity contribution in [3.63, 3.8) is 0 Å². The zero-order valence-electron chi connectivity index (χ0n) is 16.7. The van der Waals surface area contributed by atoms with Gasteiger partial charge in [0.1, 0.15) is 5.75 Å². The first kappa shape index (κ1) is 20.4. The molecule has 28 heavy (non-hydrogen) atoms. The van der Waals surface area contributed by atoms with Crippen molar-refractivity contribution in [1.29, 1.82) is 0 Å². The first-order valence-corrected chi connectivity index (χ1v) is 10.8. The van der Waals surface area contributed by atoms with Crippen LogP contribution in [0.5, 0.6) is 5.75 Å². The van der Waals surface area contributed by atoms with Gasteiger partial charge in [-0.15, -0.1) is 0 Å². The second kappa shape index (κ2) is 7.93. The van der Waals surface area contributed by atoms with Gasteiger partial charge in [-0.2, -0.15) is 0 Å². The zero-order chi connectivity index (χ0) is 20.5. The highest BCUT2D eigenvalue weighted by atomic mass is 32.2. The van der Waals surface area contributed by atoms with Crippen LogP contribution in [0.15, 0.2) is 47.4 Å². The lowest BCUT2D eigenvalue weighted by atomic mass is 10.1. The Bertz CT molecular complexity index is 986. The highest BCUT2D eigenvalue weighted by Crippen LogP contribution is 2.32. The summed E-state index contributed by atoms with van der Waals surface area (Å²) in [4.78, 5) is 15.1. The van der Waals surface area contributed by atoms with E-state index in [0.29, 0.717) is 25.1 Å². The maximum atomic E-state index is 13.1. The van der Waals surface area contributed by atoms with Crippen LogP contribution in [0, 0.1) is 6.92 Å². The van der Waals surface area contributed by atoms with E-state index >= 15 is 0 Å². The summed E-state index contributed by atoms with van der Waals surface area (Å²) in [5, 5.41) is 0. The molecular weight excluding hydrogens is 376 g/mol. The molecule has 0 aromatic heterocycles. The molecule has 6 nitrogen and oxygen atoms in total. The van der Waals surface area contributed by atoms with Gasteiger partial charge in [0.05, 0.1) is 4.90 Å². The van der Waals surface area contributed by atoms with E-state index < -0.39 is 16.1 Å². The molecule has 7 heteroatoms. The standard InChI is InChI=1S/C21H26N2O4S/c1-5-19(27-20-9-7-6-8-15(20)2)21(24)23-13-12-16-14-17(10-11-18(16)23)28(25,26)22(3)4/h6-11,14,19H,5,12-13H2,1-4H3/t19-/m0/s1. The Morgan fingerprint density at radius 1 is 1.21 bits per heavy atom. The van der Waals surface area contributed by atoms with Crippen molar-refractivity contribution in [1.82, 2.24) is 4.31 Å². The largest absolute Gasteiger partial charge is 0.480 e. The summed E-state index contributed by atoms with van der Waals surface area (Å²) in [5.41, 5.74) is 2.60. The number of fused-ring (bicyclic) bond motifs is 1. The van der Waals surface area contributed by atoms with Crippen LogP contribution >= 0.6 is 0 Å². The van der Waals surface area contributed by atoms with Crippen molar-refractivity contribution in [2.45, 2.75) is 37.7 Å². The van der Waals surface area contributed by atoms with E-state index in [2.05, 4.69) is 0 Å². The molecular formula is C21H26N2O4S. The Morgan fingerprint density at radius 2 is 1.93 bits per heavy atom. The molecule has 0 saturated carbocycles. The van der Waals surface area contributed by atoms with Crippen LogP contribution in [0.2, 0.25) is 0 Å². The Labute approximate surface area is 166 Å². The van der Waals surface area contributed by atoms with Gasteiger partial charge in [-0.1, -0.05) is 25.1 Å². The Balaban J connectivity index is 1.84. The SMILES string of the molecule is CC[C@H](Oc1ccccc1C)C(=O)N1CCc2cc(S(=O)(=O)N(C)C)ccc21. The summed E-state index contributed by atoms with van der Waals surface area (Å²) < 4.78 is 31.9. The van der Waals surface area contributed by atoms with Crippen molar-refractivity contribution < 1.29 is 17.9 Å². The third-order valence-corrected chi connectivity index (χ3v) is 6.81. The lowest BCUT2D eigenvalue weighted by Crippen LogP contribution is -2.41. The van der Waals surface area contributed by atoms with Crippen LogP contribution in [-0.2, 0) is 21.2 Å². The monoisotopic (exact) mass is 402 g/mol. The minimum atomic E-state index is -3.50. The first-order chi connectivity index (χ1) is 13.3. The lowest BCUT2D eigenvalue weighted by molar-refractivity contribution is -0.125. The number of anilines is 1. The molecule has 3 rings (SSSR count). The third kappa shape index (κ3) is 3.77. The van der Waals surface area contributed by atoms with Crippen LogP contribution in [-0.4, -0.2) is 45.4 Å². The summed E-state index contributed by atoms with van der Waals surface area (Å²) in [7, 11) is -0.483. The quantitative estimate of drug-likeness (QED) is 0.745. The number of carbonyl (C=O) groups is 1. The van der Waals surface area contributed by atoms with E-state index in [-0.39, 0.29) is 10.8 Å². The molecule has 1 amide bonds. The van der Waals surface area contributed by atoms with E-state index in [0.717, 1.165) is 16.8 Å². The highest BCUT2D eigenvalue weighted by Gasteiger charge is 2.32. The summed E-state index contributed by atoms with van der Waals surface area (Å²) >= 11 is 0. The topological polar surface area (TPSA) is 66.9 Å². The second-order valence-electron chi connectivity index (χ2n) is 7.10. The average molecular weight is 403 g/mol. The molecule has 0 fully saturated rings. The van der Waals surface area contributed by atoms with Crippen molar-refractivity contribution in [2.75, 3.05) is 25.5 Å². The third-order valence-electron chi connectivity index (χ3n) is 5.00. The number of rotatable bonds is 6. The van der Waals surface area contributed by atoms with Gasteiger partial charge in [0.15, 0.2) is 6.10 Å². The van der Waals surface area contributed by atoms with Crippen molar-refractivity contribution >= 4 is 21.6 Å². The molecule has 1 atom stereocenters. The summed E-state index contributed by atoms with van der Waals surface area (Å²) in [5.74, 6) is 0.599. The molecule has 0 saturated heterocycles. The summed E-state index contributed by atoms with van der Waals surface area (Å²) in [6.07, 6.45) is 0.585. The molecule has 0 bridgehead atoms. The van der Waals surface area contributed by atoms with Crippen LogP contribution in [0.25, 0.3) is 0 Å². The van der Waals surface area contributed by atoms with Crippen molar-refractivity contribution in [3.05, 3.63) is 53.6 Å². The van der Waals surface area contributed by atoms with E-state index in [4.69, 9.17) is 4.74 Å². The molecule has 0 radical (unpaired) electrons. The van der Waals surface area contributed by atoms with Crippen LogP contribution in [0.3, 0.4) is 0 Å². The van der Waals surface area contributed by atoms with Gasteiger partial charge in [-0.05, 0) is 55.2 Å². The average Bonchev–Trinajstić information content (AvgIpc) is 3.10. The molecule has 0 aliphatic carbocycles. The van der Waals surface area contributed by atoms with Gasteiger partial charge in [-0.25, -0.2) is 12.7 Å². The summed E-state index contributed by atoms with van der Waals surface area (Å²) in [6, 6.07) is 12.6. The number of benzene rings is 2. The normalized spacial score (nSPS) is 14.8. The number of ether oxygens (including phenoxy) is 1. The number of aryl methyl sites for hydroxylation is 1.